The molecule has 2 aliphatic rings. The number of halogens is 4. The Morgan fingerprint density at radius 1 is 1.18 bits per heavy atom. The summed E-state index contributed by atoms with van der Waals surface area (Å²) >= 11 is 6.62. The summed E-state index contributed by atoms with van der Waals surface area (Å²) in [6.07, 6.45) is 3.78. The number of nitrogens with zero attached hydrogens (tertiary/aromatic N) is 5. The van der Waals surface area contributed by atoms with Crippen LogP contribution in [0.1, 0.15) is 54.6 Å². The lowest BCUT2D eigenvalue weighted by molar-refractivity contribution is 0.0688. The number of anilines is 2. The van der Waals surface area contributed by atoms with Crippen LogP contribution in [-0.2, 0) is 0 Å². The standard InChI is InChI=1S/C27H23ClF3N7/c28-21-10-18(9-20-23(16(11-32)12-33-25(20)21)34-14-27(7-8-27)26(30)31)35-24(15-1-3-17(29)4-2-15)22-13-38(37-36-22)19-5-6-19/h1-4,9-10,12-13,19,24,26,35H,5-8,14H2,(H,33,34). The Kier molecular flexibility index (Phi) is 6.11. The number of aromatic nitrogens is 4. The van der Waals surface area contributed by atoms with E-state index in [0.29, 0.717) is 51.9 Å². The minimum atomic E-state index is -2.45. The molecule has 4 aromatic rings. The molecule has 194 valence electrons. The predicted molar refractivity (Wildman–Crippen MR) is 138 cm³/mol. The van der Waals surface area contributed by atoms with E-state index >= 15 is 0 Å². The van der Waals surface area contributed by atoms with E-state index in [1.165, 1.54) is 18.3 Å². The Morgan fingerprint density at radius 2 is 1.95 bits per heavy atom. The van der Waals surface area contributed by atoms with Gasteiger partial charge in [0.05, 0.1) is 40.1 Å². The van der Waals surface area contributed by atoms with Gasteiger partial charge in [-0.3, -0.25) is 4.98 Å². The molecule has 38 heavy (non-hydrogen) atoms. The van der Waals surface area contributed by atoms with Gasteiger partial charge in [-0.2, -0.15) is 5.26 Å². The number of pyridine rings is 1. The van der Waals surface area contributed by atoms with Gasteiger partial charge >= 0.3 is 0 Å². The van der Waals surface area contributed by atoms with Crippen molar-refractivity contribution in [3.8, 4) is 6.07 Å². The first-order valence-corrected chi connectivity index (χ1v) is 12.7. The van der Waals surface area contributed by atoms with Crippen molar-refractivity contribution >= 4 is 33.9 Å². The first-order valence-electron chi connectivity index (χ1n) is 12.3. The van der Waals surface area contributed by atoms with Crippen LogP contribution in [0.15, 0.2) is 48.8 Å². The molecule has 6 rings (SSSR count). The summed E-state index contributed by atoms with van der Waals surface area (Å²) < 4.78 is 42.7. The van der Waals surface area contributed by atoms with E-state index in [1.54, 1.807) is 24.3 Å². The van der Waals surface area contributed by atoms with Gasteiger partial charge in [0, 0.05) is 29.2 Å². The topological polar surface area (TPSA) is 91.5 Å². The predicted octanol–water partition coefficient (Wildman–Crippen LogP) is 6.48. The van der Waals surface area contributed by atoms with Gasteiger partial charge in [-0.1, -0.05) is 28.9 Å². The average molecular weight is 538 g/mol. The maximum Gasteiger partial charge on any atom is 0.245 e. The van der Waals surface area contributed by atoms with Crippen molar-refractivity contribution < 1.29 is 13.2 Å². The van der Waals surface area contributed by atoms with Crippen molar-refractivity contribution in [2.45, 2.75) is 44.2 Å². The van der Waals surface area contributed by atoms with Gasteiger partial charge in [0.1, 0.15) is 17.6 Å². The van der Waals surface area contributed by atoms with Gasteiger partial charge in [-0.05, 0) is 55.5 Å². The maximum absolute atomic E-state index is 13.7. The van der Waals surface area contributed by atoms with Crippen LogP contribution in [0.25, 0.3) is 10.9 Å². The summed E-state index contributed by atoms with van der Waals surface area (Å²) in [6, 6.07) is 11.5. The molecule has 11 heteroatoms. The molecule has 0 amide bonds. The zero-order valence-electron chi connectivity index (χ0n) is 20.1. The molecular weight excluding hydrogens is 515 g/mol. The molecule has 2 aromatic carbocycles. The highest BCUT2D eigenvalue weighted by Gasteiger charge is 2.50. The zero-order valence-corrected chi connectivity index (χ0v) is 20.9. The zero-order chi connectivity index (χ0) is 26.4. The van der Waals surface area contributed by atoms with Gasteiger partial charge in [0.25, 0.3) is 0 Å². The number of hydrogen-bond acceptors (Lipinski definition) is 6. The van der Waals surface area contributed by atoms with E-state index < -0.39 is 17.9 Å². The molecule has 2 aromatic heterocycles. The van der Waals surface area contributed by atoms with Gasteiger partial charge < -0.3 is 10.6 Å². The lowest BCUT2D eigenvalue weighted by Crippen LogP contribution is -2.23. The molecule has 0 radical (unpaired) electrons. The molecule has 1 atom stereocenters. The molecule has 0 bridgehead atoms. The normalized spacial score (nSPS) is 16.8. The summed E-state index contributed by atoms with van der Waals surface area (Å²) in [5.41, 5.74) is 2.01. The lowest BCUT2D eigenvalue weighted by atomic mass is 10.0. The fourth-order valence-electron chi connectivity index (χ4n) is 4.61. The molecule has 2 N–H and O–H groups in total. The molecule has 2 fully saturated rings. The second-order valence-electron chi connectivity index (χ2n) is 10.0. The fraction of sp³-hybridized carbons (Fsp3) is 0.333. The van der Waals surface area contributed by atoms with Gasteiger partial charge in [0.15, 0.2) is 0 Å². The Labute approximate surface area is 221 Å². The third-order valence-corrected chi connectivity index (χ3v) is 7.56. The second-order valence-corrected chi connectivity index (χ2v) is 10.4. The molecule has 0 spiro atoms. The van der Waals surface area contributed by atoms with Crippen molar-refractivity contribution in [3.05, 3.63) is 76.5 Å². The molecule has 7 nitrogen and oxygen atoms in total. The van der Waals surface area contributed by atoms with Crippen LogP contribution in [0.2, 0.25) is 5.02 Å². The highest BCUT2D eigenvalue weighted by atomic mass is 35.5. The highest BCUT2D eigenvalue weighted by molar-refractivity contribution is 6.35. The van der Waals surface area contributed by atoms with Crippen molar-refractivity contribution in [3.63, 3.8) is 0 Å². The molecule has 2 saturated carbocycles. The summed E-state index contributed by atoms with van der Waals surface area (Å²) in [5, 5.41) is 25.7. The molecule has 2 aliphatic carbocycles. The molecular formula is C27H23ClF3N7. The van der Waals surface area contributed by atoms with E-state index in [9.17, 15) is 18.4 Å². The average Bonchev–Trinajstić information content (AvgIpc) is 3.85. The number of nitriles is 1. The van der Waals surface area contributed by atoms with Gasteiger partial charge in [-0.15, -0.1) is 5.10 Å². The van der Waals surface area contributed by atoms with E-state index in [0.717, 1.165) is 18.4 Å². The number of hydrogen-bond donors (Lipinski definition) is 2. The molecule has 1 unspecified atom stereocenters. The monoisotopic (exact) mass is 537 g/mol. The summed E-state index contributed by atoms with van der Waals surface area (Å²) in [4.78, 5) is 4.35. The Morgan fingerprint density at radius 3 is 2.61 bits per heavy atom. The van der Waals surface area contributed by atoms with Crippen molar-refractivity contribution in [1.29, 1.82) is 5.26 Å². The molecule has 0 aliphatic heterocycles. The van der Waals surface area contributed by atoms with Crippen molar-refractivity contribution in [2.75, 3.05) is 17.2 Å². The van der Waals surface area contributed by atoms with Crippen LogP contribution in [-0.4, -0.2) is 32.9 Å². The van der Waals surface area contributed by atoms with E-state index in [2.05, 4.69) is 32.0 Å². The van der Waals surface area contributed by atoms with Crippen molar-refractivity contribution in [1.82, 2.24) is 20.0 Å². The van der Waals surface area contributed by atoms with E-state index in [-0.39, 0.29) is 17.9 Å². The van der Waals surface area contributed by atoms with E-state index in [4.69, 9.17) is 11.6 Å². The summed E-state index contributed by atoms with van der Waals surface area (Å²) in [5.74, 6) is -0.356. The Balaban J connectivity index is 1.39. The van der Waals surface area contributed by atoms with Crippen LogP contribution >= 0.6 is 11.6 Å². The minimum Gasteiger partial charge on any atom is -0.383 e. The summed E-state index contributed by atoms with van der Waals surface area (Å²) in [6.45, 7) is 0.0379. The smallest absolute Gasteiger partial charge is 0.245 e. The number of rotatable bonds is 9. The Hall–Kier alpha value is -3.84. The van der Waals surface area contributed by atoms with Gasteiger partial charge in [-0.25, -0.2) is 17.9 Å². The van der Waals surface area contributed by atoms with Crippen LogP contribution < -0.4 is 10.6 Å². The third-order valence-electron chi connectivity index (χ3n) is 7.28. The minimum absolute atomic E-state index is 0.0379. The first-order chi connectivity index (χ1) is 18.4. The Bertz CT molecular complexity index is 1540. The molecule has 2 heterocycles. The third kappa shape index (κ3) is 4.63. The maximum atomic E-state index is 13.7. The molecule has 0 saturated heterocycles. The fourth-order valence-corrected chi connectivity index (χ4v) is 4.87. The van der Waals surface area contributed by atoms with E-state index in [1.807, 2.05) is 10.9 Å². The van der Waals surface area contributed by atoms with Crippen molar-refractivity contribution in [2.24, 2.45) is 5.41 Å². The lowest BCUT2D eigenvalue weighted by Gasteiger charge is -2.21. The second kappa shape index (κ2) is 9.48. The number of fused-ring (bicyclic) bond motifs is 1. The van der Waals surface area contributed by atoms with Crippen LogP contribution in [0.4, 0.5) is 24.5 Å². The first kappa shape index (κ1) is 24.5. The highest BCUT2D eigenvalue weighted by Crippen LogP contribution is 2.51. The van der Waals surface area contributed by atoms with Crippen LogP contribution in [0.5, 0.6) is 0 Å². The largest absolute Gasteiger partial charge is 0.383 e. The van der Waals surface area contributed by atoms with Gasteiger partial charge in [0.2, 0.25) is 6.43 Å². The van der Waals surface area contributed by atoms with Crippen LogP contribution in [0.3, 0.4) is 0 Å². The number of alkyl halides is 2. The summed E-state index contributed by atoms with van der Waals surface area (Å²) in [7, 11) is 0. The number of benzene rings is 2. The quantitative estimate of drug-likeness (QED) is 0.254. The number of nitrogens with one attached hydrogen (secondary N) is 2. The van der Waals surface area contributed by atoms with Crippen LogP contribution in [0, 0.1) is 22.6 Å². The SMILES string of the molecule is N#Cc1cnc2c(Cl)cc(NC(c3ccc(F)cc3)c3cn(C4CC4)nn3)cc2c1NCC1(C(F)F)CC1.